The number of esters is 1. The minimum Gasteiger partial charge on any atom is -0.466 e. The molecule has 0 saturated carbocycles. The largest absolute Gasteiger partial charge is 0.466 e. The minimum atomic E-state index is -0.185. The summed E-state index contributed by atoms with van der Waals surface area (Å²) in [6, 6.07) is 0. The van der Waals surface area contributed by atoms with E-state index in [0.29, 0.717) is 6.61 Å². The molecule has 2 nitrogen and oxygen atoms in total. The minimum absolute atomic E-state index is 0.185. The molecule has 0 aliphatic carbocycles. The molecule has 0 spiro atoms. The summed E-state index contributed by atoms with van der Waals surface area (Å²) >= 11 is 3.35. The van der Waals surface area contributed by atoms with E-state index in [4.69, 9.17) is 4.74 Å². The zero-order valence-corrected chi connectivity index (χ0v) is 9.68. The second-order valence-electron chi connectivity index (χ2n) is 2.78. The van der Waals surface area contributed by atoms with Crippen LogP contribution in [0.4, 0.5) is 0 Å². The summed E-state index contributed by atoms with van der Waals surface area (Å²) < 4.78 is 4.80. The summed E-state index contributed by atoms with van der Waals surface area (Å²) in [5.41, 5.74) is 0. The number of rotatable bonds is 7. The van der Waals surface area contributed by atoms with Gasteiger partial charge in [0.05, 0.1) is 6.61 Å². The molecule has 0 unspecified atom stereocenters. The van der Waals surface area contributed by atoms with Gasteiger partial charge in [0.1, 0.15) is 0 Å². The zero-order chi connectivity index (χ0) is 9.94. The van der Waals surface area contributed by atoms with E-state index in [-0.39, 0.29) is 5.97 Å². The van der Waals surface area contributed by atoms with Crippen molar-refractivity contribution < 1.29 is 9.53 Å². The fourth-order valence-electron chi connectivity index (χ4n) is 0.879. The summed E-state index contributed by atoms with van der Waals surface area (Å²) in [5, 5.41) is 1.02. The van der Waals surface area contributed by atoms with Gasteiger partial charge in [-0.25, -0.2) is 0 Å². The van der Waals surface area contributed by atoms with Gasteiger partial charge >= 0.3 is 5.97 Å². The van der Waals surface area contributed by atoms with Crippen LogP contribution in [0.3, 0.4) is 0 Å². The van der Waals surface area contributed by atoms with Gasteiger partial charge in [0.25, 0.3) is 0 Å². The summed E-state index contributed by atoms with van der Waals surface area (Å²) in [6.45, 7) is 2.00. The Hall–Kier alpha value is -0.310. The summed E-state index contributed by atoms with van der Waals surface area (Å²) in [6.07, 6.45) is 8.55. The van der Waals surface area contributed by atoms with Crippen molar-refractivity contribution in [3.05, 3.63) is 12.2 Å². The van der Waals surface area contributed by atoms with Crippen LogP contribution in [0, 0.1) is 0 Å². The third-order valence-corrected chi connectivity index (χ3v) is 1.97. The van der Waals surface area contributed by atoms with Crippen LogP contribution in [0.1, 0.15) is 32.6 Å². The molecule has 0 heterocycles. The smallest absolute Gasteiger partial charge is 0.302 e. The molecule has 76 valence electrons. The maximum absolute atomic E-state index is 10.4. The standard InChI is InChI=1S/C10H17BrO2/c1-10(12)13-9-7-5-3-2-4-6-8-11/h2,4H,3,5-9H2,1H3/b4-2+. The van der Waals surface area contributed by atoms with Crippen LogP contribution in [0.2, 0.25) is 0 Å². The fraction of sp³-hybridized carbons (Fsp3) is 0.700. The lowest BCUT2D eigenvalue weighted by Gasteiger charge is -1.99. The van der Waals surface area contributed by atoms with Crippen molar-refractivity contribution in [1.82, 2.24) is 0 Å². The molecule has 13 heavy (non-hydrogen) atoms. The molecule has 0 bridgehead atoms. The van der Waals surface area contributed by atoms with Crippen molar-refractivity contribution in [3.8, 4) is 0 Å². The van der Waals surface area contributed by atoms with Crippen molar-refractivity contribution in [2.45, 2.75) is 32.6 Å². The number of alkyl halides is 1. The molecule has 0 aromatic heterocycles. The molecule has 0 N–H and O–H groups in total. The number of hydrogen-bond acceptors (Lipinski definition) is 2. The van der Waals surface area contributed by atoms with Gasteiger partial charge in [0.2, 0.25) is 0 Å². The highest BCUT2D eigenvalue weighted by Gasteiger charge is 1.91. The van der Waals surface area contributed by atoms with E-state index >= 15 is 0 Å². The van der Waals surface area contributed by atoms with Crippen molar-refractivity contribution in [3.63, 3.8) is 0 Å². The molecule has 3 heteroatoms. The fourth-order valence-corrected chi connectivity index (χ4v) is 1.14. The Bertz CT molecular complexity index is 155. The van der Waals surface area contributed by atoms with Gasteiger partial charge in [0.15, 0.2) is 0 Å². The van der Waals surface area contributed by atoms with E-state index in [1.807, 2.05) is 0 Å². The maximum Gasteiger partial charge on any atom is 0.302 e. The van der Waals surface area contributed by atoms with E-state index in [9.17, 15) is 4.79 Å². The maximum atomic E-state index is 10.4. The second-order valence-corrected chi connectivity index (χ2v) is 3.58. The van der Waals surface area contributed by atoms with E-state index in [2.05, 4.69) is 28.1 Å². The zero-order valence-electron chi connectivity index (χ0n) is 8.09. The average Bonchev–Trinajstić information content (AvgIpc) is 2.09. The van der Waals surface area contributed by atoms with Crippen LogP contribution in [0.25, 0.3) is 0 Å². The molecule has 0 aromatic carbocycles. The number of allylic oxidation sites excluding steroid dienone is 2. The normalized spacial score (nSPS) is 10.6. The molecule has 0 amide bonds. The molecule has 0 aliphatic rings. The van der Waals surface area contributed by atoms with Crippen LogP contribution in [-0.4, -0.2) is 17.9 Å². The van der Waals surface area contributed by atoms with Gasteiger partial charge in [-0.3, -0.25) is 4.79 Å². The molecule has 0 saturated heterocycles. The van der Waals surface area contributed by atoms with Crippen LogP contribution in [-0.2, 0) is 9.53 Å². The molecule has 0 fully saturated rings. The van der Waals surface area contributed by atoms with Crippen LogP contribution >= 0.6 is 15.9 Å². The van der Waals surface area contributed by atoms with Crippen LogP contribution in [0.15, 0.2) is 12.2 Å². The number of halogens is 1. The molecule has 0 aliphatic heterocycles. The number of ether oxygens (including phenoxy) is 1. The van der Waals surface area contributed by atoms with Crippen molar-refractivity contribution in [2.24, 2.45) is 0 Å². The lowest BCUT2D eigenvalue weighted by Crippen LogP contribution is -1.99. The Morgan fingerprint density at radius 2 is 2.00 bits per heavy atom. The van der Waals surface area contributed by atoms with Gasteiger partial charge < -0.3 is 4.74 Å². The van der Waals surface area contributed by atoms with Crippen LogP contribution < -0.4 is 0 Å². The van der Waals surface area contributed by atoms with E-state index < -0.39 is 0 Å². The molecular formula is C10H17BrO2. The molecule has 0 radical (unpaired) electrons. The van der Waals surface area contributed by atoms with E-state index in [0.717, 1.165) is 31.0 Å². The third kappa shape index (κ3) is 11.7. The first kappa shape index (κ1) is 12.7. The summed E-state index contributed by atoms with van der Waals surface area (Å²) in [4.78, 5) is 10.4. The molecule has 0 rings (SSSR count). The Morgan fingerprint density at radius 3 is 2.62 bits per heavy atom. The van der Waals surface area contributed by atoms with Gasteiger partial charge in [-0.1, -0.05) is 28.1 Å². The number of carbonyl (C=O) groups excluding carboxylic acids is 1. The average molecular weight is 249 g/mol. The first-order valence-electron chi connectivity index (χ1n) is 4.61. The Morgan fingerprint density at radius 1 is 1.31 bits per heavy atom. The van der Waals surface area contributed by atoms with Gasteiger partial charge in [0, 0.05) is 12.3 Å². The highest BCUT2D eigenvalue weighted by molar-refractivity contribution is 9.09. The predicted octanol–water partition coefficient (Wildman–Crippen LogP) is 3.06. The van der Waals surface area contributed by atoms with Crippen molar-refractivity contribution >= 4 is 21.9 Å². The predicted molar refractivity (Wildman–Crippen MR) is 58.0 cm³/mol. The second kappa shape index (κ2) is 9.78. The first-order chi connectivity index (χ1) is 6.27. The SMILES string of the molecule is CC(=O)OCCCC/C=C/CCBr. The van der Waals surface area contributed by atoms with Crippen molar-refractivity contribution in [2.75, 3.05) is 11.9 Å². The Kier molecular flexibility index (Phi) is 9.54. The lowest BCUT2D eigenvalue weighted by molar-refractivity contribution is -0.141. The van der Waals surface area contributed by atoms with Gasteiger partial charge in [-0.2, -0.15) is 0 Å². The van der Waals surface area contributed by atoms with Crippen LogP contribution in [0.5, 0.6) is 0 Å². The number of hydrogen-bond donors (Lipinski definition) is 0. The molecule has 0 atom stereocenters. The van der Waals surface area contributed by atoms with Gasteiger partial charge in [-0.15, -0.1) is 0 Å². The number of carbonyl (C=O) groups is 1. The third-order valence-electron chi connectivity index (χ3n) is 1.51. The highest BCUT2D eigenvalue weighted by atomic mass is 79.9. The van der Waals surface area contributed by atoms with E-state index in [1.54, 1.807) is 0 Å². The molecule has 0 aromatic rings. The van der Waals surface area contributed by atoms with E-state index in [1.165, 1.54) is 6.92 Å². The quantitative estimate of drug-likeness (QED) is 0.300. The summed E-state index contributed by atoms with van der Waals surface area (Å²) in [5.74, 6) is -0.185. The topological polar surface area (TPSA) is 26.3 Å². The lowest BCUT2D eigenvalue weighted by atomic mass is 10.2. The summed E-state index contributed by atoms with van der Waals surface area (Å²) in [7, 11) is 0. The number of unbranched alkanes of at least 4 members (excludes halogenated alkanes) is 2. The Balaban J connectivity index is 3.03. The van der Waals surface area contributed by atoms with Crippen molar-refractivity contribution in [1.29, 1.82) is 0 Å². The molecular weight excluding hydrogens is 232 g/mol. The monoisotopic (exact) mass is 248 g/mol. The first-order valence-corrected chi connectivity index (χ1v) is 5.74. The highest BCUT2D eigenvalue weighted by Crippen LogP contribution is 1.99. The van der Waals surface area contributed by atoms with Gasteiger partial charge in [-0.05, 0) is 25.7 Å². The Labute approximate surface area is 88.5 Å².